The fourth-order valence-electron chi connectivity index (χ4n) is 4.67. The lowest BCUT2D eigenvalue weighted by Crippen LogP contribution is -2.62. The van der Waals surface area contributed by atoms with Crippen LogP contribution < -0.4 is 4.74 Å². The van der Waals surface area contributed by atoms with Crippen LogP contribution in [0, 0.1) is 0 Å². The number of hydrogen-bond donors (Lipinski definition) is 11. The zero-order valence-electron chi connectivity index (χ0n) is 21.3. The average Bonchev–Trinajstić information content (AvgIpc) is 2.96. The molecule has 2 aliphatic heterocycles. The van der Waals surface area contributed by atoms with Crippen molar-refractivity contribution >= 4 is 11.9 Å². The monoisotopic (exact) mass is 606 g/mol. The Hall–Kier alpha value is -5.52. The van der Waals surface area contributed by atoms with Crippen LogP contribution in [0.5, 0.6) is 57.5 Å². The Morgan fingerprint density at radius 1 is 0.628 bits per heavy atom. The zero-order chi connectivity index (χ0) is 31.5. The van der Waals surface area contributed by atoms with Crippen LogP contribution in [0.15, 0.2) is 24.3 Å². The van der Waals surface area contributed by atoms with Gasteiger partial charge in [-0.3, -0.25) is 0 Å². The molecule has 5 rings (SSSR count). The Morgan fingerprint density at radius 2 is 1.07 bits per heavy atom. The fraction of sp³-hybridized carbons (Fsp3) is 0.231. The highest BCUT2D eigenvalue weighted by molar-refractivity contribution is 6.08. The molecular weight excluding hydrogens is 584 g/mol. The van der Waals surface area contributed by atoms with Crippen molar-refractivity contribution in [1.82, 2.24) is 0 Å². The molecule has 0 spiro atoms. The number of ether oxygens (including phenoxy) is 4. The molecule has 1 fully saturated rings. The highest BCUT2D eigenvalue weighted by Crippen LogP contribution is 2.53. The molecule has 5 atom stereocenters. The van der Waals surface area contributed by atoms with E-state index < -0.39 is 129 Å². The van der Waals surface area contributed by atoms with E-state index in [1.54, 1.807) is 0 Å². The van der Waals surface area contributed by atoms with Crippen LogP contribution in [0.4, 0.5) is 0 Å². The highest BCUT2D eigenvalue weighted by Gasteiger charge is 2.52. The molecule has 0 amide bonds. The van der Waals surface area contributed by atoms with Crippen LogP contribution in [0.1, 0.15) is 20.7 Å². The quantitative estimate of drug-likeness (QED) is 0.137. The van der Waals surface area contributed by atoms with Crippen LogP contribution in [0.2, 0.25) is 0 Å². The topological polar surface area (TPSA) is 294 Å². The molecule has 2 aliphatic rings. The number of fused-ring (bicyclic) bond motifs is 4. The lowest BCUT2D eigenvalue weighted by atomic mass is 9.91. The minimum absolute atomic E-state index is 0.416. The van der Waals surface area contributed by atoms with Gasteiger partial charge >= 0.3 is 11.9 Å². The Kier molecular flexibility index (Phi) is 7.00. The number of carbonyl (C=O) groups is 2. The molecule has 0 bridgehead atoms. The standard InChI is InChI=1S/C26H22O17/c27-5-13-19(35)22-23(26(41-13)40-6-1-9(28)16(32)10(29)2-6)43-25(39)8-4-12(31)18(34)21(37)15(8)14-7(24(38)42-22)3-11(30)17(33)20(14)36/h1-4,13,19,22-23,26-37H,5H2/t13-,19-,22+,23-,26+/m1/s1. The molecule has 3 aromatic carbocycles. The van der Waals surface area contributed by atoms with E-state index in [2.05, 4.69) is 0 Å². The minimum Gasteiger partial charge on any atom is -0.504 e. The maximum absolute atomic E-state index is 13.5. The molecule has 0 unspecified atom stereocenters. The smallest absolute Gasteiger partial charge is 0.339 e. The van der Waals surface area contributed by atoms with Gasteiger partial charge in [-0.2, -0.15) is 0 Å². The van der Waals surface area contributed by atoms with Gasteiger partial charge in [-0.05, 0) is 12.1 Å². The Balaban J connectivity index is 1.72. The summed E-state index contributed by atoms with van der Waals surface area (Å²) < 4.78 is 21.8. The lowest BCUT2D eigenvalue weighted by molar-refractivity contribution is -0.276. The summed E-state index contributed by atoms with van der Waals surface area (Å²) in [6, 6.07) is 2.77. The van der Waals surface area contributed by atoms with Crippen LogP contribution in [0.25, 0.3) is 11.1 Å². The number of aromatic hydroxyl groups is 9. The van der Waals surface area contributed by atoms with Gasteiger partial charge in [-0.15, -0.1) is 0 Å². The van der Waals surface area contributed by atoms with Gasteiger partial charge in [-0.25, -0.2) is 9.59 Å². The van der Waals surface area contributed by atoms with Crippen molar-refractivity contribution in [1.29, 1.82) is 0 Å². The second kappa shape index (κ2) is 10.4. The molecule has 0 saturated carbocycles. The van der Waals surface area contributed by atoms with Gasteiger partial charge in [0.25, 0.3) is 0 Å². The van der Waals surface area contributed by atoms with Gasteiger partial charge in [-0.1, -0.05) is 0 Å². The molecule has 43 heavy (non-hydrogen) atoms. The first-order valence-electron chi connectivity index (χ1n) is 12.1. The molecule has 0 aromatic heterocycles. The summed E-state index contributed by atoms with van der Waals surface area (Å²) in [4.78, 5) is 27.0. The second-order valence-corrected chi connectivity index (χ2v) is 9.41. The number of rotatable bonds is 3. The SMILES string of the molecule is O=C1O[C@H]2[C@@H](Oc3cc(O)c(O)c(O)c3)O[C@H](CO)[C@@H](O)[C@@H]2OC(=O)c2cc(O)c(O)c(O)c2-c2c1cc(O)c(O)c2O. The number of phenolic OH excluding ortho intramolecular Hbond substituents is 9. The van der Waals surface area contributed by atoms with Crippen molar-refractivity contribution < 1.29 is 84.7 Å². The van der Waals surface area contributed by atoms with Crippen molar-refractivity contribution in [3.05, 3.63) is 35.4 Å². The third-order valence-electron chi connectivity index (χ3n) is 6.78. The summed E-state index contributed by atoms with van der Waals surface area (Å²) in [5.41, 5.74) is -3.38. The molecule has 2 heterocycles. The fourth-order valence-corrected chi connectivity index (χ4v) is 4.67. The highest BCUT2D eigenvalue weighted by atomic mass is 16.7. The van der Waals surface area contributed by atoms with E-state index in [0.717, 1.165) is 12.1 Å². The molecule has 0 aliphatic carbocycles. The number of phenols is 9. The van der Waals surface area contributed by atoms with E-state index in [1.165, 1.54) is 0 Å². The van der Waals surface area contributed by atoms with Crippen molar-refractivity contribution in [2.45, 2.75) is 30.7 Å². The van der Waals surface area contributed by atoms with E-state index in [-0.39, 0.29) is 0 Å². The molecule has 17 heteroatoms. The van der Waals surface area contributed by atoms with Gasteiger partial charge in [0, 0.05) is 23.3 Å². The van der Waals surface area contributed by atoms with E-state index >= 15 is 0 Å². The normalized spacial score (nSPS) is 23.3. The molecule has 11 N–H and O–H groups in total. The summed E-state index contributed by atoms with van der Waals surface area (Å²) in [5, 5.41) is 112. The first-order chi connectivity index (χ1) is 20.2. The van der Waals surface area contributed by atoms with Gasteiger partial charge in [0.1, 0.15) is 18.0 Å². The molecule has 1 saturated heterocycles. The molecule has 3 aromatic rings. The minimum atomic E-state index is -1.97. The van der Waals surface area contributed by atoms with Crippen LogP contribution in [0.3, 0.4) is 0 Å². The maximum Gasteiger partial charge on any atom is 0.339 e. The Bertz CT molecular complexity index is 1630. The zero-order valence-corrected chi connectivity index (χ0v) is 21.3. The summed E-state index contributed by atoms with van der Waals surface area (Å²) >= 11 is 0. The number of aliphatic hydroxyl groups excluding tert-OH is 2. The van der Waals surface area contributed by atoms with E-state index in [1.807, 2.05) is 0 Å². The predicted octanol–water partition coefficient (Wildman–Crippen LogP) is -0.0745. The lowest BCUT2D eigenvalue weighted by Gasteiger charge is -2.43. The van der Waals surface area contributed by atoms with Crippen LogP contribution >= 0.6 is 0 Å². The summed E-state index contributed by atoms with van der Waals surface area (Å²) in [7, 11) is 0. The number of esters is 2. The van der Waals surface area contributed by atoms with E-state index in [0.29, 0.717) is 12.1 Å². The van der Waals surface area contributed by atoms with Crippen molar-refractivity contribution in [2.24, 2.45) is 0 Å². The first kappa shape index (κ1) is 29.0. The number of aliphatic hydroxyl groups is 2. The van der Waals surface area contributed by atoms with E-state index in [9.17, 15) is 65.8 Å². The molecular formula is C26H22O17. The number of hydrogen-bond acceptors (Lipinski definition) is 17. The van der Waals surface area contributed by atoms with Crippen molar-refractivity contribution in [3.8, 4) is 68.6 Å². The van der Waals surface area contributed by atoms with Crippen LogP contribution in [-0.2, 0) is 14.2 Å². The second-order valence-electron chi connectivity index (χ2n) is 9.41. The Morgan fingerprint density at radius 3 is 1.53 bits per heavy atom. The molecule has 228 valence electrons. The Labute approximate surface area is 238 Å². The van der Waals surface area contributed by atoms with Gasteiger partial charge in [0.05, 0.1) is 17.7 Å². The van der Waals surface area contributed by atoms with Crippen LogP contribution in [-0.4, -0.2) is 105 Å². The van der Waals surface area contributed by atoms with Crippen molar-refractivity contribution in [3.63, 3.8) is 0 Å². The summed E-state index contributed by atoms with van der Waals surface area (Å²) in [6.07, 6.45) is -9.37. The number of carbonyl (C=O) groups excluding carboxylic acids is 2. The average molecular weight is 606 g/mol. The third kappa shape index (κ3) is 4.66. The van der Waals surface area contributed by atoms with E-state index in [4.69, 9.17) is 18.9 Å². The summed E-state index contributed by atoms with van der Waals surface area (Å²) in [5.74, 6) is -13.1. The van der Waals surface area contributed by atoms with Gasteiger partial charge in [0.2, 0.25) is 29.6 Å². The third-order valence-corrected chi connectivity index (χ3v) is 6.78. The first-order valence-corrected chi connectivity index (χ1v) is 12.1. The summed E-state index contributed by atoms with van der Waals surface area (Å²) in [6.45, 7) is -0.919. The number of benzene rings is 3. The maximum atomic E-state index is 13.5. The largest absolute Gasteiger partial charge is 0.504 e. The van der Waals surface area contributed by atoms with Crippen molar-refractivity contribution in [2.75, 3.05) is 6.61 Å². The predicted molar refractivity (Wildman–Crippen MR) is 134 cm³/mol. The molecule has 17 nitrogen and oxygen atoms in total. The van der Waals surface area contributed by atoms with Gasteiger partial charge in [0.15, 0.2) is 40.6 Å². The molecule has 0 radical (unpaired) electrons. The van der Waals surface area contributed by atoms with Gasteiger partial charge < -0.3 is 75.1 Å².